The van der Waals surface area contributed by atoms with Crippen LogP contribution in [0.4, 0.5) is 11.4 Å². The van der Waals surface area contributed by atoms with Crippen molar-refractivity contribution in [2.24, 2.45) is 11.8 Å². The molecule has 1 saturated carbocycles. The van der Waals surface area contributed by atoms with E-state index in [0.29, 0.717) is 11.8 Å². The number of hydrogen-bond acceptors (Lipinski definition) is 4. The molecule has 0 aromatic heterocycles. The number of unbranched alkanes of at least 4 members (excludes halogenated alkanes) is 2. The van der Waals surface area contributed by atoms with Crippen LogP contribution in [0.5, 0.6) is 0 Å². The Bertz CT molecular complexity index is 1140. The van der Waals surface area contributed by atoms with Gasteiger partial charge in [-0.25, -0.2) is 0 Å². The fraction of sp³-hybridized carbons (Fsp3) is 0.611. The van der Waals surface area contributed by atoms with E-state index in [9.17, 15) is 9.59 Å². The zero-order chi connectivity index (χ0) is 29.7. The molecule has 2 unspecified atom stereocenters. The van der Waals surface area contributed by atoms with E-state index in [2.05, 4.69) is 60.3 Å². The summed E-state index contributed by atoms with van der Waals surface area (Å²) in [7, 11) is 0. The van der Waals surface area contributed by atoms with Crippen LogP contribution in [-0.4, -0.2) is 46.0 Å². The number of carbonyl (C=O) groups is 2. The standard InChI is InChI=1S/C36H52N4O2/c1-5-9-15-27(7-3)25-39-33(41)29-17-11-13-19-31(29)37-35(39)21-23-36(24-22-35)38-32-20-14-12-18-30(32)34(42)40(36)26-28(8-4)16-10-6-2/h11-14,17-20,27-28,37-38H,5-10,15-16,21-26H2,1-4H3. The highest BCUT2D eigenvalue weighted by atomic mass is 16.2. The molecule has 3 aliphatic rings. The molecule has 1 fully saturated rings. The number of benzene rings is 2. The van der Waals surface area contributed by atoms with Crippen LogP contribution in [0, 0.1) is 11.8 Å². The second kappa shape index (κ2) is 13.1. The fourth-order valence-electron chi connectivity index (χ4n) is 7.61. The van der Waals surface area contributed by atoms with E-state index in [1.807, 2.05) is 36.4 Å². The lowest BCUT2D eigenvalue weighted by Crippen LogP contribution is -2.69. The van der Waals surface area contributed by atoms with Crippen LogP contribution in [0.1, 0.15) is 125 Å². The molecule has 6 nitrogen and oxygen atoms in total. The van der Waals surface area contributed by atoms with Crippen LogP contribution in [0.2, 0.25) is 0 Å². The van der Waals surface area contributed by atoms with Crippen molar-refractivity contribution in [2.75, 3.05) is 23.7 Å². The topological polar surface area (TPSA) is 64.7 Å². The second-order valence-corrected chi connectivity index (χ2v) is 13.1. The highest BCUT2D eigenvalue weighted by Crippen LogP contribution is 2.48. The lowest BCUT2D eigenvalue weighted by Gasteiger charge is -2.58. The predicted molar refractivity (Wildman–Crippen MR) is 173 cm³/mol. The average molecular weight is 573 g/mol. The van der Waals surface area contributed by atoms with Crippen molar-refractivity contribution < 1.29 is 9.59 Å². The van der Waals surface area contributed by atoms with Gasteiger partial charge in [0.15, 0.2) is 0 Å². The molecule has 0 saturated heterocycles. The van der Waals surface area contributed by atoms with Gasteiger partial charge >= 0.3 is 0 Å². The van der Waals surface area contributed by atoms with Crippen LogP contribution in [0.3, 0.4) is 0 Å². The molecule has 0 radical (unpaired) electrons. The normalized spacial score (nSPS) is 24.7. The van der Waals surface area contributed by atoms with E-state index < -0.39 is 11.3 Å². The number of hydrogen-bond donors (Lipinski definition) is 2. The van der Waals surface area contributed by atoms with E-state index in [4.69, 9.17) is 0 Å². The van der Waals surface area contributed by atoms with Gasteiger partial charge in [-0.15, -0.1) is 0 Å². The summed E-state index contributed by atoms with van der Waals surface area (Å²) in [6, 6.07) is 16.0. The zero-order valence-electron chi connectivity index (χ0n) is 26.4. The molecule has 42 heavy (non-hydrogen) atoms. The summed E-state index contributed by atoms with van der Waals surface area (Å²) >= 11 is 0. The highest BCUT2D eigenvalue weighted by Gasteiger charge is 2.54. The number of nitrogens with one attached hydrogen (secondary N) is 2. The molecule has 5 rings (SSSR count). The summed E-state index contributed by atoms with van der Waals surface area (Å²) in [5.74, 6) is 1.26. The molecule has 2 aromatic rings. The van der Waals surface area contributed by atoms with E-state index >= 15 is 0 Å². The number of fused-ring (bicyclic) bond motifs is 2. The number of nitrogens with zero attached hydrogens (tertiary/aromatic N) is 2. The van der Waals surface area contributed by atoms with Crippen molar-refractivity contribution in [3.8, 4) is 0 Å². The number of carbonyl (C=O) groups excluding carboxylic acids is 2. The van der Waals surface area contributed by atoms with Crippen molar-refractivity contribution in [1.82, 2.24) is 9.80 Å². The molecular weight excluding hydrogens is 520 g/mol. The predicted octanol–water partition coefficient (Wildman–Crippen LogP) is 8.52. The molecule has 2 heterocycles. The van der Waals surface area contributed by atoms with E-state index in [0.717, 1.165) is 87.0 Å². The maximum Gasteiger partial charge on any atom is 0.257 e. The summed E-state index contributed by atoms with van der Waals surface area (Å²) < 4.78 is 0. The van der Waals surface area contributed by atoms with Crippen LogP contribution < -0.4 is 10.6 Å². The molecule has 2 aliphatic heterocycles. The summed E-state index contributed by atoms with van der Waals surface area (Å²) in [4.78, 5) is 32.7. The molecule has 6 heteroatoms. The third-order valence-corrected chi connectivity index (χ3v) is 10.4. The monoisotopic (exact) mass is 572 g/mol. The van der Waals surface area contributed by atoms with Gasteiger partial charge in [-0.3, -0.25) is 9.59 Å². The van der Waals surface area contributed by atoms with E-state index in [-0.39, 0.29) is 11.8 Å². The zero-order valence-corrected chi connectivity index (χ0v) is 26.4. The molecule has 2 amide bonds. The van der Waals surface area contributed by atoms with Gasteiger partial charge in [0.25, 0.3) is 11.8 Å². The third-order valence-electron chi connectivity index (χ3n) is 10.4. The molecule has 2 atom stereocenters. The van der Waals surface area contributed by atoms with Crippen molar-refractivity contribution in [2.45, 2.75) is 116 Å². The molecule has 0 bridgehead atoms. The number of rotatable bonds is 12. The second-order valence-electron chi connectivity index (χ2n) is 13.1. The van der Waals surface area contributed by atoms with Crippen molar-refractivity contribution in [3.63, 3.8) is 0 Å². The molecule has 1 aliphatic carbocycles. The molecular formula is C36H52N4O2. The minimum atomic E-state index is -0.448. The Hall–Kier alpha value is -3.02. The minimum absolute atomic E-state index is 0.149. The van der Waals surface area contributed by atoms with E-state index in [1.165, 1.54) is 25.7 Å². The lowest BCUT2D eigenvalue weighted by molar-refractivity contribution is -0.00764. The van der Waals surface area contributed by atoms with Gasteiger partial charge in [0.1, 0.15) is 11.3 Å². The fourth-order valence-corrected chi connectivity index (χ4v) is 7.61. The van der Waals surface area contributed by atoms with Crippen LogP contribution >= 0.6 is 0 Å². The van der Waals surface area contributed by atoms with Gasteiger partial charge in [-0.05, 0) is 74.6 Å². The summed E-state index contributed by atoms with van der Waals surface area (Å²) in [6.45, 7) is 10.6. The average Bonchev–Trinajstić information content (AvgIpc) is 3.02. The Kier molecular flexibility index (Phi) is 9.49. The summed E-state index contributed by atoms with van der Waals surface area (Å²) in [5.41, 5.74) is 2.54. The van der Waals surface area contributed by atoms with Crippen molar-refractivity contribution >= 4 is 23.2 Å². The Morgan fingerprint density at radius 1 is 0.643 bits per heavy atom. The van der Waals surface area contributed by atoms with Gasteiger partial charge < -0.3 is 20.4 Å². The van der Waals surface area contributed by atoms with Gasteiger partial charge in [0.05, 0.1) is 11.1 Å². The Labute approximate surface area is 253 Å². The maximum atomic E-state index is 14.2. The first-order valence-electron chi connectivity index (χ1n) is 16.8. The number of anilines is 2. The summed E-state index contributed by atoms with van der Waals surface area (Å²) in [5, 5.41) is 7.80. The largest absolute Gasteiger partial charge is 0.362 e. The van der Waals surface area contributed by atoms with E-state index in [1.54, 1.807) is 0 Å². The van der Waals surface area contributed by atoms with Crippen molar-refractivity contribution in [3.05, 3.63) is 59.7 Å². The number of para-hydroxylation sites is 2. The van der Waals surface area contributed by atoms with Gasteiger partial charge in [0, 0.05) is 24.5 Å². The molecule has 2 spiro atoms. The van der Waals surface area contributed by atoms with Crippen molar-refractivity contribution in [1.29, 1.82) is 0 Å². The first-order chi connectivity index (χ1) is 20.4. The first-order valence-corrected chi connectivity index (χ1v) is 16.8. The third kappa shape index (κ3) is 5.78. The SMILES string of the molecule is CCCCC(CC)CN1C(=O)c2ccccc2NC12CCC1(CC2)Nc2ccccc2C(=O)N1CC(CC)CCCC. The summed E-state index contributed by atoms with van der Waals surface area (Å²) in [6.07, 6.45) is 12.3. The van der Waals surface area contributed by atoms with Gasteiger partial charge in [-0.1, -0.05) is 90.5 Å². The number of amides is 2. The quantitative estimate of drug-likeness (QED) is 0.268. The van der Waals surface area contributed by atoms with Crippen LogP contribution in [-0.2, 0) is 0 Å². The molecule has 228 valence electrons. The minimum Gasteiger partial charge on any atom is -0.362 e. The van der Waals surface area contributed by atoms with Gasteiger partial charge in [0.2, 0.25) is 0 Å². The van der Waals surface area contributed by atoms with Gasteiger partial charge in [-0.2, -0.15) is 0 Å². The highest BCUT2D eigenvalue weighted by molar-refractivity contribution is 6.03. The Balaban J connectivity index is 1.47. The lowest BCUT2D eigenvalue weighted by atomic mass is 9.75. The Morgan fingerprint density at radius 2 is 1.02 bits per heavy atom. The first kappa shape index (κ1) is 30.4. The molecule has 2 N–H and O–H groups in total. The van der Waals surface area contributed by atoms with Crippen LogP contribution in [0.15, 0.2) is 48.5 Å². The van der Waals surface area contributed by atoms with Crippen LogP contribution in [0.25, 0.3) is 0 Å². The molecule has 2 aromatic carbocycles. The maximum absolute atomic E-state index is 14.2. The smallest absolute Gasteiger partial charge is 0.257 e. The Morgan fingerprint density at radius 3 is 1.38 bits per heavy atom.